The van der Waals surface area contributed by atoms with E-state index in [0.717, 1.165) is 6.42 Å². The summed E-state index contributed by atoms with van der Waals surface area (Å²) in [6, 6.07) is 3.09. The number of ether oxygens (including phenoxy) is 2. The van der Waals surface area contributed by atoms with E-state index in [4.69, 9.17) is 26.2 Å². The molecule has 1 aromatic carbocycles. The number of carboxylic acid groups (broad SMARTS) is 1. The number of carbonyl (C=O) groups is 2. The molecule has 0 spiro atoms. The van der Waals surface area contributed by atoms with Gasteiger partial charge in [-0.25, -0.2) is 0 Å². The molecule has 0 saturated heterocycles. The van der Waals surface area contributed by atoms with Gasteiger partial charge >= 0.3 is 5.97 Å². The first-order valence-electron chi connectivity index (χ1n) is 7.58. The molecule has 1 aromatic rings. The highest BCUT2D eigenvalue weighted by Crippen LogP contribution is 2.36. The van der Waals surface area contributed by atoms with Crippen molar-refractivity contribution in [2.75, 3.05) is 19.8 Å². The van der Waals surface area contributed by atoms with Crippen LogP contribution in [0.4, 0.5) is 0 Å². The summed E-state index contributed by atoms with van der Waals surface area (Å²) in [5, 5.41) is 11.5. The summed E-state index contributed by atoms with van der Waals surface area (Å²) < 4.78 is 11.1. The van der Waals surface area contributed by atoms with Gasteiger partial charge in [-0.05, 0) is 31.9 Å². The Morgan fingerprint density at radius 3 is 2.61 bits per heavy atom. The first-order chi connectivity index (χ1) is 11.0. The van der Waals surface area contributed by atoms with Crippen molar-refractivity contribution in [3.05, 3.63) is 22.7 Å². The number of aliphatic carboxylic acids is 1. The first-order valence-corrected chi connectivity index (χ1v) is 7.96. The quantitative estimate of drug-likeness (QED) is 0.637. The Labute approximate surface area is 140 Å². The van der Waals surface area contributed by atoms with Crippen LogP contribution in [0.2, 0.25) is 5.02 Å². The van der Waals surface area contributed by atoms with Crippen LogP contribution in [0.25, 0.3) is 0 Å². The minimum atomic E-state index is -0.890. The summed E-state index contributed by atoms with van der Waals surface area (Å²) in [5.41, 5.74) is 0.345. The zero-order valence-electron chi connectivity index (χ0n) is 13.4. The Bertz CT molecular complexity index is 548. The SMILES string of the molecule is CCCOc1c(Cl)cc(C(=O)NCCCC(=O)O)cc1OCC. The van der Waals surface area contributed by atoms with E-state index in [-0.39, 0.29) is 18.9 Å². The van der Waals surface area contributed by atoms with Crippen LogP contribution in [-0.2, 0) is 4.79 Å². The molecule has 1 amide bonds. The van der Waals surface area contributed by atoms with Crippen molar-refractivity contribution >= 4 is 23.5 Å². The van der Waals surface area contributed by atoms with E-state index in [1.807, 2.05) is 13.8 Å². The summed E-state index contributed by atoms with van der Waals surface area (Å²) >= 11 is 6.19. The number of halogens is 1. The van der Waals surface area contributed by atoms with E-state index in [9.17, 15) is 9.59 Å². The number of hydrogen-bond donors (Lipinski definition) is 2. The lowest BCUT2D eigenvalue weighted by Gasteiger charge is -2.15. The molecule has 0 aromatic heterocycles. The van der Waals surface area contributed by atoms with Crippen molar-refractivity contribution in [3.63, 3.8) is 0 Å². The predicted octanol–water partition coefficient (Wildman–Crippen LogP) is 3.12. The van der Waals surface area contributed by atoms with Crippen molar-refractivity contribution in [1.82, 2.24) is 5.32 Å². The van der Waals surface area contributed by atoms with Crippen LogP contribution in [-0.4, -0.2) is 36.7 Å². The standard InChI is InChI=1S/C16H22ClNO5/c1-3-8-23-15-12(17)9-11(10-13(15)22-4-2)16(21)18-7-5-6-14(19)20/h9-10H,3-8H2,1-2H3,(H,18,21)(H,19,20). The molecule has 7 heteroatoms. The molecule has 2 N–H and O–H groups in total. The molecule has 23 heavy (non-hydrogen) atoms. The summed E-state index contributed by atoms with van der Waals surface area (Å²) in [6.07, 6.45) is 1.20. The molecule has 6 nitrogen and oxygen atoms in total. The third-order valence-corrected chi connectivity index (χ3v) is 3.16. The van der Waals surface area contributed by atoms with E-state index in [1.165, 1.54) is 6.07 Å². The number of carboxylic acids is 1. The number of amides is 1. The Kier molecular flexibility index (Phi) is 8.26. The fraction of sp³-hybridized carbons (Fsp3) is 0.500. The number of hydrogen-bond acceptors (Lipinski definition) is 4. The van der Waals surface area contributed by atoms with E-state index in [2.05, 4.69) is 5.32 Å². The van der Waals surface area contributed by atoms with E-state index in [1.54, 1.807) is 6.07 Å². The second kappa shape index (κ2) is 9.94. The molecule has 128 valence electrons. The van der Waals surface area contributed by atoms with Crippen LogP contribution in [0.15, 0.2) is 12.1 Å². The molecule has 0 atom stereocenters. The number of nitrogens with one attached hydrogen (secondary N) is 1. The Morgan fingerprint density at radius 1 is 1.26 bits per heavy atom. The zero-order chi connectivity index (χ0) is 17.2. The molecule has 1 rings (SSSR count). The van der Waals surface area contributed by atoms with Gasteiger partial charge in [-0.2, -0.15) is 0 Å². The molecule has 0 bridgehead atoms. The third kappa shape index (κ3) is 6.36. The first kappa shape index (κ1) is 19.1. The second-order valence-corrected chi connectivity index (χ2v) is 5.23. The molecule has 0 aliphatic rings. The van der Waals surface area contributed by atoms with Crippen LogP contribution >= 0.6 is 11.6 Å². The molecule has 0 unspecified atom stereocenters. The zero-order valence-corrected chi connectivity index (χ0v) is 14.1. The smallest absolute Gasteiger partial charge is 0.303 e. The molecular weight excluding hydrogens is 322 g/mol. The lowest BCUT2D eigenvalue weighted by Crippen LogP contribution is -2.25. The summed E-state index contributed by atoms with van der Waals surface area (Å²) in [7, 11) is 0. The van der Waals surface area contributed by atoms with Crippen molar-refractivity contribution in [2.24, 2.45) is 0 Å². The molecule has 0 radical (unpaired) electrons. The third-order valence-electron chi connectivity index (χ3n) is 2.88. The molecule has 0 heterocycles. The van der Waals surface area contributed by atoms with Gasteiger partial charge in [0.1, 0.15) is 0 Å². The molecule has 0 aliphatic heterocycles. The van der Waals surface area contributed by atoms with E-state index in [0.29, 0.717) is 41.7 Å². The highest BCUT2D eigenvalue weighted by molar-refractivity contribution is 6.32. The Morgan fingerprint density at radius 2 is 2.00 bits per heavy atom. The van der Waals surface area contributed by atoms with E-state index < -0.39 is 5.97 Å². The number of rotatable bonds is 10. The second-order valence-electron chi connectivity index (χ2n) is 4.82. The van der Waals surface area contributed by atoms with Crippen molar-refractivity contribution in [1.29, 1.82) is 0 Å². The summed E-state index contributed by atoms with van der Waals surface area (Å²) in [5.74, 6) is -0.374. The van der Waals surface area contributed by atoms with Gasteiger partial charge in [0.05, 0.1) is 18.2 Å². The fourth-order valence-electron chi connectivity index (χ4n) is 1.85. The lowest BCUT2D eigenvalue weighted by atomic mass is 10.1. The minimum absolute atomic E-state index is 0.00896. The monoisotopic (exact) mass is 343 g/mol. The average molecular weight is 344 g/mol. The minimum Gasteiger partial charge on any atom is -0.490 e. The van der Waals surface area contributed by atoms with Gasteiger partial charge in [-0.15, -0.1) is 0 Å². The average Bonchev–Trinajstić information content (AvgIpc) is 2.50. The number of benzene rings is 1. The molecule has 0 saturated carbocycles. The van der Waals surface area contributed by atoms with Gasteiger partial charge in [-0.1, -0.05) is 18.5 Å². The lowest BCUT2D eigenvalue weighted by molar-refractivity contribution is -0.137. The highest BCUT2D eigenvalue weighted by atomic mass is 35.5. The van der Waals surface area contributed by atoms with Crippen LogP contribution in [0.5, 0.6) is 11.5 Å². The number of carbonyl (C=O) groups excluding carboxylic acids is 1. The summed E-state index contributed by atoms with van der Waals surface area (Å²) in [6.45, 7) is 5.01. The fourth-order valence-corrected chi connectivity index (χ4v) is 2.12. The Hall–Kier alpha value is -1.95. The van der Waals surface area contributed by atoms with Crippen LogP contribution in [0.1, 0.15) is 43.5 Å². The molecular formula is C16H22ClNO5. The Balaban J connectivity index is 2.82. The van der Waals surface area contributed by atoms with Gasteiger partial charge in [0, 0.05) is 18.5 Å². The van der Waals surface area contributed by atoms with Crippen molar-refractivity contribution in [3.8, 4) is 11.5 Å². The van der Waals surface area contributed by atoms with Crippen LogP contribution < -0.4 is 14.8 Å². The van der Waals surface area contributed by atoms with Crippen molar-refractivity contribution in [2.45, 2.75) is 33.1 Å². The van der Waals surface area contributed by atoms with Gasteiger partial charge < -0.3 is 19.9 Å². The predicted molar refractivity (Wildman–Crippen MR) is 87.6 cm³/mol. The maximum absolute atomic E-state index is 12.1. The topological polar surface area (TPSA) is 84.9 Å². The maximum Gasteiger partial charge on any atom is 0.303 e. The molecule has 0 fully saturated rings. The van der Waals surface area contributed by atoms with Gasteiger partial charge in [0.15, 0.2) is 11.5 Å². The van der Waals surface area contributed by atoms with Crippen LogP contribution in [0, 0.1) is 0 Å². The maximum atomic E-state index is 12.1. The largest absolute Gasteiger partial charge is 0.490 e. The highest BCUT2D eigenvalue weighted by Gasteiger charge is 2.16. The van der Waals surface area contributed by atoms with Gasteiger partial charge in [0.25, 0.3) is 5.91 Å². The van der Waals surface area contributed by atoms with Gasteiger partial charge in [-0.3, -0.25) is 9.59 Å². The van der Waals surface area contributed by atoms with E-state index >= 15 is 0 Å². The normalized spacial score (nSPS) is 10.2. The molecule has 0 aliphatic carbocycles. The van der Waals surface area contributed by atoms with Crippen molar-refractivity contribution < 1.29 is 24.2 Å². The van der Waals surface area contributed by atoms with Crippen LogP contribution in [0.3, 0.4) is 0 Å². The van der Waals surface area contributed by atoms with Gasteiger partial charge in [0.2, 0.25) is 0 Å². The summed E-state index contributed by atoms with van der Waals surface area (Å²) in [4.78, 5) is 22.5.